The van der Waals surface area contributed by atoms with E-state index in [0.29, 0.717) is 30.9 Å². The van der Waals surface area contributed by atoms with Gasteiger partial charge in [0.05, 0.1) is 11.3 Å². The minimum absolute atomic E-state index is 0.116. The molecule has 8 nitrogen and oxygen atoms in total. The number of halogens is 3. The smallest absolute Gasteiger partial charge is 0.416 e. The predicted molar refractivity (Wildman–Crippen MR) is 136 cm³/mol. The molecule has 3 heterocycles. The number of rotatable bonds is 9. The first-order valence-electron chi connectivity index (χ1n) is 12.6. The maximum Gasteiger partial charge on any atom is 0.416 e. The van der Waals surface area contributed by atoms with Crippen LogP contribution in [0.3, 0.4) is 0 Å². The highest BCUT2D eigenvalue weighted by Crippen LogP contribution is 2.31. The summed E-state index contributed by atoms with van der Waals surface area (Å²) in [5.74, 6) is -0.150. The second-order valence-electron chi connectivity index (χ2n) is 10.2. The summed E-state index contributed by atoms with van der Waals surface area (Å²) in [7, 11) is 0. The van der Waals surface area contributed by atoms with Crippen LogP contribution in [0.4, 0.5) is 18.0 Å². The van der Waals surface area contributed by atoms with Crippen molar-refractivity contribution in [3.63, 3.8) is 0 Å². The number of carbonyl (C=O) groups excluding carboxylic acids is 1. The van der Waals surface area contributed by atoms with Crippen LogP contribution in [0.2, 0.25) is 0 Å². The molecule has 2 aromatic heterocycles. The van der Waals surface area contributed by atoms with Crippen LogP contribution >= 0.6 is 0 Å². The van der Waals surface area contributed by atoms with Gasteiger partial charge in [-0.05, 0) is 48.6 Å². The number of likely N-dealkylation sites (tertiary alicyclic amines) is 1. The SMILES string of the molecule is CC(C)CC(CNC(=O)c1cccc2nc(CN3CCC(NC(=O)O)C3)cn12)c1ccc(C(F)(F)F)cc1. The molecular weight excluding hydrogens is 499 g/mol. The molecule has 1 aliphatic rings. The normalized spacial score (nSPS) is 17.2. The molecule has 1 aromatic carbocycles. The van der Waals surface area contributed by atoms with Crippen molar-refractivity contribution in [2.75, 3.05) is 19.6 Å². The molecule has 204 valence electrons. The number of carboxylic acid groups (broad SMARTS) is 1. The van der Waals surface area contributed by atoms with Gasteiger partial charge in [-0.1, -0.05) is 32.0 Å². The summed E-state index contributed by atoms with van der Waals surface area (Å²) in [5.41, 5.74) is 1.84. The summed E-state index contributed by atoms with van der Waals surface area (Å²) in [6.45, 7) is 6.22. The number of hydrogen-bond acceptors (Lipinski definition) is 4. The summed E-state index contributed by atoms with van der Waals surface area (Å²) >= 11 is 0. The summed E-state index contributed by atoms with van der Waals surface area (Å²) in [6.07, 6.45) is -2.19. The standard InChI is InChI=1S/C27H32F3N5O3/c1-17(2)12-19(18-6-8-20(9-7-18)27(28,29)30)13-31-25(36)23-4-3-5-24-32-22(16-35(23)24)15-34-11-10-21(14-34)33-26(37)38/h3-9,16-17,19,21,33H,10-15H2,1-2H3,(H,31,36)(H,37,38). The largest absolute Gasteiger partial charge is 0.465 e. The van der Waals surface area contributed by atoms with Gasteiger partial charge in [-0.2, -0.15) is 13.2 Å². The van der Waals surface area contributed by atoms with Crippen LogP contribution in [-0.4, -0.2) is 57.1 Å². The topological polar surface area (TPSA) is 99.0 Å². The fourth-order valence-electron chi connectivity index (χ4n) is 4.98. The number of imidazole rings is 1. The third kappa shape index (κ3) is 6.83. The Bertz CT molecular complexity index is 1270. The molecule has 38 heavy (non-hydrogen) atoms. The predicted octanol–water partition coefficient (Wildman–Crippen LogP) is 4.75. The van der Waals surface area contributed by atoms with Crippen LogP contribution < -0.4 is 10.6 Å². The second-order valence-corrected chi connectivity index (χ2v) is 10.2. The molecule has 0 aliphatic carbocycles. The van der Waals surface area contributed by atoms with Gasteiger partial charge in [-0.15, -0.1) is 0 Å². The Morgan fingerprint density at radius 2 is 1.89 bits per heavy atom. The van der Waals surface area contributed by atoms with E-state index in [1.165, 1.54) is 12.1 Å². The summed E-state index contributed by atoms with van der Waals surface area (Å²) in [6, 6.07) is 10.3. The Labute approximate surface area is 218 Å². The van der Waals surface area contributed by atoms with E-state index in [2.05, 4.69) is 20.5 Å². The van der Waals surface area contributed by atoms with Crippen molar-refractivity contribution in [1.82, 2.24) is 24.9 Å². The summed E-state index contributed by atoms with van der Waals surface area (Å²) < 4.78 is 40.7. The zero-order chi connectivity index (χ0) is 27.4. The molecule has 11 heteroatoms. The minimum Gasteiger partial charge on any atom is -0.465 e. The number of fused-ring (bicyclic) bond motifs is 1. The van der Waals surface area contributed by atoms with Gasteiger partial charge in [0.1, 0.15) is 11.3 Å². The van der Waals surface area contributed by atoms with E-state index in [9.17, 15) is 22.8 Å². The number of pyridine rings is 1. The highest BCUT2D eigenvalue weighted by molar-refractivity contribution is 5.93. The second kappa shape index (κ2) is 11.4. The number of carbonyl (C=O) groups is 2. The first-order chi connectivity index (χ1) is 18.0. The van der Waals surface area contributed by atoms with E-state index >= 15 is 0 Å². The van der Waals surface area contributed by atoms with Crippen molar-refractivity contribution in [2.24, 2.45) is 5.92 Å². The van der Waals surface area contributed by atoms with Crippen molar-refractivity contribution in [3.05, 3.63) is 71.2 Å². The number of hydrogen-bond donors (Lipinski definition) is 3. The molecule has 3 N–H and O–H groups in total. The minimum atomic E-state index is -4.39. The molecular formula is C27H32F3N5O3. The molecule has 0 spiro atoms. The van der Waals surface area contributed by atoms with Gasteiger partial charge in [0.25, 0.3) is 5.91 Å². The maximum atomic E-state index is 13.2. The first-order valence-corrected chi connectivity index (χ1v) is 12.6. The molecule has 2 atom stereocenters. The lowest BCUT2D eigenvalue weighted by Gasteiger charge is -2.21. The Morgan fingerprint density at radius 3 is 2.55 bits per heavy atom. The van der Waals surface area contributed by atoms with Gasteiger partial charge in [0.2, 0.25) is 0 Å². The van der Waals surface area contributed by atoms with Crippen molar-refractivity contribution in [2.45, 2.75) is 51.4 Å². The van der Waals surface area contributed by atoms with E-state index in [0.717, 1.165) is 36.4 Å². The van der Waals surface area contributed by atoms with Gasteiger partial charge in [-0.3, -0.25) is 14.1 Å². The maximum absolute atomic E-state index is 13.2. The molecule has 0 radical (unpaired) electrons. The molecule has 3 aromatic rings. The van der Waals surface area contributed by atoms with Gasteiger partial charge in [0.15, 0.2) is 0 Å². The Morgan fingerprint density at radius 1 is 1.16 bits per heavy atom. The summed E-state index contributed by atoms with van der Waals surface area (Å²) in [5, 5.41) is 14.4. The zero-order valence-electron chi connectivity index (χ0n) is 21.3. The van der Waals surface area contributed by atoms with Crippen molar-refractivity contribution >= 4 is 17.6 Å². The number of nitrogens with zero attached hydrogens (tertiary/aromatic N) is 3. The molecule has 1 aliphatic heterocycles. The van der Waals surface area contributed by atoms with Gasteiger partial charge in [-0.25, -0.2) is 9.78 Å². The van der Waals surface area contributed by atoms with E-state index in [4.69, 9.17) is 5.11 Å². The Hall–Kier alpha value is -3.60. The number of alkyl halides is 3. The van der Waals surface area contributed by atoms with Crippen LogP contribution in [0.15, 0.2) is 48.7 Å². The van der Waals surface area contributed by atoms with E-state index in [-0.39, 0.29) is 30.3 Å². The Kier molecular flexibility index (Phi) is 8.25. The first kappa shape index (κ1) is 27.4. The highest BCUT2D eigenvalue weighted by atomic mass is 19.4. The van der Waals surface area contributed by atoms with Crippen molar-refractivity contribution in [1.29, 1.82) is 0 Å². The number of benzene rings is 1. The number of nitrogens with one attached hydrogen (secondary N) is 2. The molecule has 1 fully saturated rings. The quantitative estimate of drug-likeness (QED) is 0.370. The van der Waals surface area contributed by atoms with Crippen LogP contribution in [-0.2, 0) is 12.7 Å². The van der Waals surface area contributed by atoms with Crippen molar-refractivity contribution < 1.29 is 27.9 Å². The third-order valence-corrected chi connectivity index (χ3v) is 6.73. The molecule has 2 amide bonds. The lowest BCUT2D eigenvalue weighted by Crippen LogP contribution is -2.35. The van der Waals surface area contributed by atoms with Crippen molar-refractivity contribution in [3.8, 4) is 0 Å². The third-order valence-electron chi connectivity index (χ3n) is 6.73. The Balaban J connectivity index is 1.44. The van der Waals surface area contributed by atoms with Gasteiger partial charge < -0.3 is 15.7 Å². The molecule has 0 bridgehead atoms. The number of amides is 2. The summed E-state index contributed by atoms with van der Waals surface area (Å²) in [4.78, 5) is 30.8. The van der Waals surface area contributed by atoms with Crippen LogP contribution in [0, 0.1) is 5.92 Å². The molecule has 4 rings (SSSR count). The fraction of sp³-hybridized carbons (Fsp3) is 0.444. The van der Waals surface area contributed by atoms with Crippen LogP contribution in [0.25, 0.3) is 5.65 Å². The van der Waals surface area contributed by atoms with Gasteiger partial charge >= 0.3 is 12.3 Å². The highest BCUT2D eigenvalue weighted by Gasteiger charge is 2.30. The van der Waals surface area contributed by atoms with E-state index in [1.54, 1.807) is 16.5 Å². The van der Waals surface area contributed by atoms with E-state index < -0.39 is 17.8 Å². The van der Waals surface area contributed by atoms with Gasteiger partial charge in [0, 0.05) is 44.3 Å². The molecule has 2 unspecified atom stereocenters. The monoisotopic (exact) mass is 531 g/mol. The lowest BCUT2D eigenvalue weighted by atomic mass is 9.89. The zero-order valence-corrected chi connectivity index (χ0v) is 21.3. The fourth-order valence-corrected chi connectivity index (χ4v) is 4.98. The van der Waals surface area contributed by atoms with Crippen LogP contribution in [0.5, 0.6) is 0 Å². The molecule has 0 saturated carbocycles. The average Bonchev–Trinajstić information content (AvgIpc) is 3.46. The van der Waals surface area contributed by atoms with Crippen LogP contribution in [0.1, 0.15) is 59.9 Å². The average molecular weight is 532 g/mol. The van der Waals surface area contributed by atoms with E-state index in [1.807, 2.05) is 26.1 Å². The molecule has 1 saturated heterocycles. The lowest BCUT2D eigenvalue weighted by molar-refractivity contribution is -0.137. The number of aromatic nitrogens is 2.